The molecule has 2 aromatic rings. The van der Waals surface area contributed by atoms with Gasteiger partial charge >= 0.3 is 0 Å². The molecule has 15 heavy (non-hydrogen) atoms. The summed E-state index contributed by atoms with van der Waals surface area (Å²) in [6.07, 6.45) is 1.87. The van der Waals surface area contributed by atoms with E-state index in [2.05, 4.69) is 36.3 Å². The summed E-state index contributed by atoms with van der Waals surface area (Å²) in [6, 6.07) is 8.41. The number of hydrogen-bond donors (Lipinski definition) is 1. The smallest absolute Gasteiger partial charge is 0.0823 e. The van der Waals surface area contributed by atoms with Crippen molar-refractivity contribution in [2.24, 2.45) is 0 Å². The molecule has 0 spiro atoms. The summed E-state index contributed by atoms with van der Waals surface area (Å²) in [6.45, 7) is 4.79. The highest BCUT2D eigenvalue weighted by atomic mass is 15.3. The van der Waals surface area contributed by atoms with Crippen molar-refractivity contribution in [1.82, 2.24) is 9.78 Å². The van der Waals surface area contributed by atoms with E-state index >= 15 is 0 Å². The van der Waals surface area contributed by atoms with Gasteiger partial charge in [-0.1, -0.05) is 29.8 Å². The van der Waals surface area contributed by atoms with Crippen LogP contribution in [0.1, 0.15) is 16.8 Å². The van der Waals surface area contributed by atoms with Crippen molar-refractivity contribution in [2.75, 3.05) is 5.73 Å². The van der Waals surface area contributed by atoms with Crippen LogP contribution in [0.15, 0.2) is 30.5 Å². The van der Waals surface area contributed by atoms with Gasteiger partial charge in [-0.15, -0.1) is 0 Å². The van der Waals surface area contributed by atoms with Crippen LogP contribution in [-0.4, -0.2) is 9.78 Å². The molecule has 1 aromatic carbocycles. The van der Waals surface area contributed by atoms with Crippen molar-refractivity contribution in [3.8, 4) is 0 Å². The van der Waals surface area contributed by atoms with E-state index in [1.807, 2.05) is 17.8 Å². The van der Waals surface area contributed by atoms with Crippen LogP contribution in [0.5, 0.6) is 0 Å². The van der Waals surface area contributed by atoms with Gasteiger partial charge in [0.25, 0.3) is 0 Å². The van der Waals surface area contributed by atoms with Crippen LogP contribution in [0.4, 0.5) is 5.69 Å². The van der Waals surface area contributed by atoms with Crippen molar-refractivity contribution >= 4 is 5.69 Å². The molecule has 0 saturated carbocycles. The van der Waals surface area contributed by atoms with Gasteiger partial charge in [0.2, 0.25) is 0 Å². The first-order valence-corrected chi connectivity index (χ1v) is 5.00. The lowest BCUT2D eigenvalue weighted by Crippen LogP contribution is -2.00. The fourth-order valence-electron chi connectivity index (χ4n) is 1.61. The van der Waals surface area contributed by atoms with E-state index in [1.165, 1.54) is 11.1 Å². The van der Waals surface area contributed by atoms with Crippen LogP contribution < -0.4 is 5.73 Å². The summed E-state index contributed by atoms with van der Waals surface area (Å²) in [7, 11) is 0. The van der Waals surface area contributed by atoms with Crippen LogP contribution >= 0.6 is 0 Å². The Morgan fingerprint density at radius 1 is 1.33 bits per heavy atom. The molecule has 0 unspecified atom stereocenters. The molecular formula is C12H15N3. The number of aryl methyl sites for hydroxylation is 2. The molecule has 3 heteroatoms. The fourth-order valence-corrected chi connectivity index (χ4v) is 1.61. The third-order valence-electron chi connectivity index (χ3n) is 2.41. The summed E-state index contributed by atoms with van der Waals surface area (Å²) in [4.78, 5) is 0. The van der Waals surface area contributed by atoms with E-state index in [0.717, 1.165) is 17.9 Å². The third-order valence-corrected chi connectivity index (χ3v) is 2.41. The number of benzene rings is 1. The molecular weight excluding hydrogens is 186 g/mol. The Morgan fingerprint density at radius 2 is 2.13 bits per heavy atom. The molecule has 0 amide bonds. The molecule has 0 bridgehead atoms. The number of nitrogen functional groups attached to an aromatic ring is 1. The zero-order valence-corrected chi connectivity index (χ0v) is 9.07. The second-order valence-electron chi connectivity index (χ2n) is 3.86. The fraction of sp³-hybridized carbons (Fsp3) is 0.250. The Hall–Kier alpha value is -1.77. The molecule has 2 N–H and O–H groups in total. The molecule has 1 aromatic heterocycles. The second-order valence-corrected chi connectivity index (χ2v) is 3.86. The molecule has 0 radical (unpaired) electrons. The highest BCUT2D eigenvalue weighted by Crippen LogP contribution is 2.10. The Balaban J connectivity index is 2.22. The standard InChI is InChI=1S/C12H15N3/c1-9-4-3-5-11(6-9)7-15-8-12(13)10(2)14-15/h3-6,8H,7,13H2,1-2H3. The average molecular weight is 201 g/mol. The maximum absolute atomic E-state index is 5.74. The first kappa shape index (κ1) is 9.77. The summed E-state index contributed by atoms with van der Waals surface area (Å²) in [5.41, 5.74) is 9.90. The topological polar surface area (TPSA) is 43.8 Å². The molecule has 0 atom stereocenters. The van der Waals surface area contributed by atoms with Gasteiger partial charge in [-0.3, -0.25) is 4.68 Å². The minimum Gasteiger partial charge on any atom is -0.396 e. The minimum atomic E-state index is 0.752. The molecule has 0 saturated heterocycles. The maximum Gasteiger partial charge on any atom is 0.0823 e. The number of rotatable bonds is 2. The summed E-state index contributed by atoms with van der Waals surface area (Å²) >= 11 is 0. The van der Waals surface area contributed by atoms with Gasteiger partial charge in [-0.05, 0) is 19.4 Å². The quantitative estimate of drug-likeness (QED) is 0.808. The number of anilines is 1. The number of nitrogens with two attached hydrogens (primary N) is 1. The Kier molecular flexibility index (Phi) is 2.46. The van der Waals surface area contributed by atoms with Crippen molar-refractivity contribution in [1.29, 1.82) is 0 Å². The summed E-state index contributed by atoms with van der Waals surface area (Å²) in [5.74, 6) is 0. The van der Waals surface area contributed by atoms with Gasteiger partial charge < -0.3 is 5.73 Å². The van der Waals surface area contributed by atoms with E-state index < -0.39 is 0 Å². The number of nitrogens with zero attached hydrogens (tertiary/aromatic N) is 2. The van der Waals surface area contributed by atoms with E-state index in [0.29, 0.717) is 0 Å². The highest BCUT2D eigenvalue weighted by molar-refractivity contribution is 5.39. The Labute approximate surface area is 89.5 Å². The lowest BCUT2D eigenvalue weighted by atomic mass is 10.1. The van der Waals surface area contributed by atoms with Gasteiger partial charge in [0, 0.05) is 6.20 Å². The maximum atomic E-state index is 5.74. The van der Waals surface area contributed by atoms with Crippen molar-refractivity contribution in [3.05, 3.63) is 47.3 Å². The lowest BCUT2D eigenvalue weighted by Gasteiger charge is -2.02. The average Bonchev–Trinajstić information content (AvgIpc) is 2.45. The van der Waals surface area contributed by atoms with Gasteiger partial charge in [0.1, 0.15) is 0 Å². The molecule has 2 rings (SSSR count). The summed E-state index contributed by atoms with van der Waals surface area (Å²) in [5, 5.41) is 4.33. The van der Waals surface area contributed by atoms with Crippen LogP contribution in [0.3, 0.4) is 0 Å². The SMILES string of the molecule is Cc1cccc(Cn2cc(N)c(C)n2)c1. The summed E-state index contributed by atoms with van der Waals surface area (Å²) < 4.78 is 1.87. The zero-order valence-electron chi connectivity index (χ0n) is 9.07. The number of aromatic nitrogens is 2. The normalized spacial score (nSPS) is 10.5. The Bertz CT molecular complexity index is 452. The van der Waals surface area contributed by atoms with Crippen molar-refractivity contribution < 1.29 is 0 Å². The molecule has 0 aliphatic rings. The van der Waals surface area contributed by atoms with E-state index in [9.17, 15) is 0 Å². The van der Waals surface area contributed by atoms with Gasteiger partial charge in [-0.25, -0.2) is 0 Å². The first-order chi connectivity index (χ1) is 7.15. The molecule has 0 aliphatic carbocycles. The largest absolute Gasteiger partial charge is 0.396 e. The van der Waals surface area contributed by atoms with E-state index in [4.69, 9.17) is 5.73 Å². The zero-order chi connectivity index (χ0) is 10.8. The first-order valence-electron chi connectivity index (χ1n) is 5.00. The van der Waals surface area contributed by atoms with Gasteiger partial charge in [0.05, 0.1) is 17.9 Å². The third kappa shape index (κ3) is 2.18. The molecule has 0 aliphatic heterocycles. The molecule has 78 valence electrons. The second kappa shape index (κ2) is 3.77. The van der Waals surface area contributed by atoms with E-state index in [-0.39, 0.29) is 0 Å². The molecule has 1 heterocycles. The minimum absolute atomic E-state index is 0.752. The van der Waals surface area contributed by atoms with Crippen molar-refractivity contribution in [2.45, 2.75) is 20.4 Å². The van der Waals surface area contributed by atoms with Crippen LogP contribution in [0, 0.1) is 13.8 Å². The molecule has 3 nitrogen and oxygen atoms in total. The highest BCUT2D eigenvalue weighted by Gasteiger charge is 2.01. The van der Waals surface area contributed by atoms with Crippen LogP contribution in [0.2, 0.25) is 0 Å². The van der Waals surface area contributed by atoms with Crippen LogP contribution in [0.25, 0.3) is 0 Å². The number of hydrogen-bond acceptors (Lipinski definition) is 2. The predicted molar refractivity (Wildman–Crippen MR) is 61.7 cm³/mol. The monoisotopic (exact) mass is 201 g/mol. The van der Waals surface area contributed by atoms with Gasteiger partial charge in [0.15, 0.2) is 0 Å². The van der Waals surface area contributed by atoms with Gasteiger partial charge in [-0.2, -0.15) is 5.10 Å². The Morgan fingerprint density at radius 3 is 2.73 bits per heavy atom. The lowest BCUT2D eigenvalue weighted by molar-refractivity contribution is 0.679. The van der Waals surface area contributed by atoms with Crippen LogP contribution in [-0.2, 0) is 6.54 Å². The van der Waals surface area contributed by atoms with E-state index in [1.54, 1.807) is 0 Å². The predicted octanol–water partition coefficient (Wildman–Crippen LogP) is 2.13. The van der Waals surface area contributed by atoms with Crippen molar-refractivity contribution in [3.63, 3.8) is 0 Å². The molecule has 0 fully saturated rings.